The number of ether oxygens (including phenoxy) is 2. The van der Waals surface area contributed by atoms with Gasteiger partial charge in [-0.1, -0.05) is 109 Å². The summed E-state index contributed by atoms with van der Waals surface area (Å²) in [4.78, 5) is 0. The summed E-state index contributed by atoms with van der Waals surface area (Å²) in [7, 11) is 3.49. The topological polar surface area (TPSA) is 18.5 Å². The molecule has 0 atom stereocenters. The first kappa shape index (κ1) is 21.7. The van der Waals surface area contributed by atoms with Crippen molar-refractivity contribution in [3.63, 3.8) is 0 Å². The van der Waals surface area contributed by atoms with Gasteiger partial charge in [-0.15, -0.1) is 0 Å². The van der Waals surface area contributed by atoms with Gasteiger partial charge in [0, 0.05) is 10.8 Å². The lowest BCUT2D eigenvalue weighted by molar-refractivity contribution is 0.419. The van der Waals surface area contributed by atoms with Gasteiger partial charge in [-0.2, -0.15) is 0 Å². The van der Waals surface area contributed by atoms with E-state index in [2.05, 4.69) is 121 Å². The van der Waals surface area contributed by atoms with Crippen molar-refractivity contribution in [3.05, 3.63) is 144 Å². The third-order valence-electron chi connectivity index (χ3n) is 7.97. The van der Waals surface area contributed by atoms with E-state index in [0.717, 1.165) is 22.3 Å². The lowest BCUT2D eigenvalue weighted by atomic mass is 9.65. The fraction of sp³-hybridized carbons (Fsp3) is 0.0857. The fourth-order valence-corrected chi connectivity index (χ4v) is 6.51. The van der Waals surface area contributed by atoms with Gasteiger partial charge in [0.25, 0.3) is 0 Å². The van der Waals surface area contributed by atoms with Crippen LogP contribution in [0.1, 0.15) is 22.3 Å². The molecule has 6 aromatic carbocycles. The first-order valence-electron chi connectivity index (χ1n) is 12.6. The van der Waals surface area contributed by atoms with Crippen LogP contribution in [0.2, 0.25) is 0 Å². The molecule has 0 saturated carbocycles. The number of hydrogen-bond acceptors (Lipinski definition) is 2. The zero-order valence-electron chi connectivity index (χ0n) is 20.9. The van der Waals surface area contributed by atoms with Gasteiger partial charge in [0.1, 0.15) is 11.5 Å². The summed E-state index contributed by atoms with van der Waals surface area (Å²) in [6.07, 6.45) is 0. The minimum atomic E-state index is -0.523. The van der Waals surface area contributed by atoms with Crippen LogP contribution >= 0.6 is 0 Å². The minimum Gasteiger partial charge on any atom is -0.496 e. The molecule has 2 heteroatoms. The predicted molar refractivity (Wildman–Crippen MR) is 152 cm³/mol. The number of fused-ring (bicyclic) bond motifs is 5. The van der Waals surface area contributed by atoms with E-state index in [1.165, 1.54) is 44.2 Å². The second kappa shape index (κ2) is 8.25. The van der Waals surface area contributed by atoms with Crippen LogP contribution in [-0.2, 0) is 5.41 Å². The van der Waals surface area contributed by atoms with Crippen LogP contribution in [-0.4, -0.2) is 14.2 Å². The molecule has 178 valence electrons. The van der Waals surface area contributed by atoms with E-state index >= 15 is 0 Å². The number of methoxy groups -OCH3 is 2. The molecule has 0 N–H and O–H groups in total. The molecule has 2 nitrogen and oxygen atoms in total. The zero-order chi connectivity index (χ0) is 25.0. The molecule has 0 fully saturated rings. The highest BCUT2D eigenvalue weighted by Gasteiger charge is 2.47. The molecule has 0 radical (unpaired) electrons. The third kappa shape index (κ3) is 2.87. The van der Waals surface area contributed by atoms with Crippen LogP contribution in [0.3, 0.4) is 0 Å². The molecule has 7 rings (SSSR count). The Balaban J connectivity index is 1.74. The largest absolute Gasteiger partial charge is 0.496 e. The Bertz CT molecular complexity index is 1680. The van der Waals surface area contributed by atoms with Gasteiger partial charge >= 0.3 is 0 Å². The molecular weight excluding hydrogens is 452 g/mol. The van der Waals surface area contributed by atoms with E-state index in [0.29, 0.717) is 0 Å². The summed E-state index contributed by atoms with van der Waals surface area (Å²) in [5.41, 5.74) is 7.11. The highest BCUT2D eigenvalue weighted by molar-refractivity contribution is 6.01. The standard InChI is InChI=1S/C35H26O2/c1-36-33-21-19-31(25-13-3-5-15-27(25)33)35(32-20-22-34(37-2)28-16-6-4-14-26(28)32)29-17-9-7-11-23(29)24-12-8-10-18-30(24)35/h3-22H,1-2H3. The Hall–Kier alpha value is -4.56. The van der Waals surface area contributed by atoms with Gasteiger partial charge in [0.2, 0.25) is 0 Å². The van der Waals surface area contributed by atoms with Crippen molar-refractivity contribution in [1.82, 2.24) is 0 Å². The highest BCUT2D eigenvalue weighted by Crippen LogP contribution is 2.59. The fourth-order valence-electron chi connectivity index (χ4n) is 6.51. The first-order valence-corrected chi connectivity index (χ1v) is 12.6. The van der Waals surface area contributed by atoms with E-state index in [4.69, 9.17) is 9.47 Å². The van der Waals surface area contributed by atoms with Gasteiger partial charge in [-0.3, -0.25) is 0 Å². The van der Waals surface area contributed by atoms with E-state index in [9.17, 15) is 0 Å². The van der Waals surface area contributed by atoms with Crippen molar-refractivity contribution in [3.8, 4) is 22.6 Å². The van der Waals surface area contributed by atoms with Crippen LogP contribution in [0.4, 0.5) is 0 Å². The van der Waals surface area contributed by atoms with Crippen molar-refractivity contribution in [1.29, 1.82) is 0 Å². The summed E-state index contributed by atoms with van der Waals surface area (Å²) >= 11 is 0. The van der Waals surface area contributed by atoms with Crippen LogP contribution in [0, 0.1) is 0 Å². The van der Waals surface area contributed by atoms with Crippen molar-refractivity contribution in [2.24, 2.45) is 0 Å². The van der Waals surface area contributed by atoms with Gasteiger partial charge < -0.3 is 9.47 Å². The van der Waals surface area contributed by atoms with E-state index in [1.807, 2.05) is 0 Å². The predicted octanol–water partition coefficient (Wildman–Crippen LogP) is 8.37. The van der Waals surface area contributed by atoms with Gasteiger partial charge in [-0.25, -0.2) is 0 Å². The molecule has 0 unspecified atom stereocenters. The lowest BCUT2D eigenvalue weighted by Gasteiger charge is -2.36. The average Bonchev–Trinajstić information content (AvgIpc) is 3.27. The molecule has 0 heterocycles. The Morgan fingerprint density at radius 2 is 0.757 bits per heavy atom. The van der Waals surface area contributed by atoms with E-state index in [1.54, 1.807) is 14.2 Å². The molecule has 1 aliphatic rings. The SMILES string of the molecule is COc1ccc(C2(c3ccc(OC)c4ccccc34)c3ccccc3-c3ccccc32)c2ccccc12. The Morgan fingerprint density at radius 3 is 1.19 bits per heavy atom. The summed E-state index contributed by atoms with van der Waals surface area (Å²) in [6, 6.07) is 43.7. The molecule has 37 heavy (non-hydrogen) atoms. The molecular formula is C35H26O2. The van der Waals surface area contributed by atoms with E-state index < -0.39 is 5.41 Å². The van der Waals surface area contributed by atoms with Crippen LogP contribution in [0.15, 0.2) is 121 Å². The van der Waals surface area contributed by atoms with Gasteiger partial charge in [0.15, 0.2) is 0 Å². The monoisotopic (exact) mass is 478 g/mol. The maximum atomic E-state index is 5.81. The van der Waals surface area contributed by atoms with Crippen molar-refractivity contribution in [2.75, 3.05) is 14.2 Å². The van der Waals surface area contributed by atoms with Gasteiger partial charge in [-0.05, 0) is 56.3 Å². The summed E-state index contributed by atoms with van der Waals surface area (Å²) in [5, 5.41) is 4.60. The minimum absolute atomic E-state index is 0.523. The number of benzene rings is 6. The molecule has 6 aromatic rings. The first-order chi connectivity index (χ1) is 18.3. The molecule has 0 spiro atoms. The molecule has 1 aliphatic carbocycles. The Morgan fingerprint density at radius 1 is 0.378 bits per heavy atom. The Labute approximate surface area is 216 Å². The van der Waals surface area contributed by atoms with Crippen molar-refractivity contribution >= 4 is 21.5 Å². The Kier molecular flexibility index (Phi) is 4.84. The quantitative estimate of drug-likeness (QED) is 0.253. The van der Waals surface area contributed by atoms with Crippen LogP contribution < -0.4 is 9.47 Å². The van der Waals surface area contributed by atoms with Crippen LogP contribution in [0.25, 0.3) is 32.7 Å². The smallest absolute Gasteiger partial charge is 0.126 e. The number of rotatable bonds is 4. The normalized spacial score (nSPS) is 13.4. The molecule has 0 bridgehead atoms. The van der Waals surface area contributed by atoms with Gasteiger partial charge in [0.05, 0.1) is 19.6 Å². The molecule has 0 amide bonds. The second-order valence-corrected chi connectivity index (χ2v) is 9.56. The molecule has 0 saturated heterocycles. The number of hydrogen-bond donors (Lipinski definition) is 0. The zero-order valence-corrected chi connectivity index (χ0v) is 20.9. The maximum absolute atomic E-state index is 5.81. The second-order valence-electron chi connectivity index (χ2n) is 9.56. The average molecular weight is 479 g/mol. The van der Waals surface area contributed by atoms with E-state index in [-0.39, 0.29) is 0 Å². The molecule has 0 aliphatic heterocycles. The molecule has 0 aromatic heterocycles. The summed E-state index contributed by atoms with van der Waals surface area (Å²) in [6.45, 7) is 0. The van der Waals surface area contributed by atoms with Crippen molar-refractivity contribution in [2.45, 2.75) is 5.41 Å². The van der Waals surface area contributed by atoms with Crippen LogP contribution in [0.5, 0.6) is 11.5 Å². The highest BCUT2D eigenvalue weighted by atomic mass is 16.5. The summed E-state index contributed by atoms with van der Waals surface area (Å²) in [5.74, 6) is 1.77. The maximum Gasteiger partial charge on any atom is 0.126 e. The summed E-state index contributed by atoms with van der Waals surface area (Å²) < 4.78 is 11.6. The third-order valence-corrected chi connectivity index (χ3v) is 7.97. The van der Waals surface area contributed by atoms with Crippen molar-refractivity contribution < 1.29 is 9.47 Å². The lowest BCUT2D eigenvalue weighted by Crippen LogP contribution is -2.29.